The van der Waals surface area contributed by atoms with Crippen LogP contribution >= 0.6 is 11.3 Å². The number of amides is 1. The van der Waals surface area contributed by atoms with Crippen molar-refractivity contribution in [3.8, 4) is 0 Å². The molecule has 0 aromatic carbocycles. The van der Waals surface area contributed by atoms with E-state index < -0.39 is 11.9 Å². The fourth-order valence-electron chi connectivity index (χ4n) is 2.12. The van der Waals surface area contributed by atoms with E-state index in [9.17, 15) is 9.59 Å². The summed E-state index contributed by atoms with van der Waals surface area (Å²) < 4.78 is 0. The quantitative estimate of drug-likeness (QED) is 0.810. The zero-order valence-electron chi connectivity index (χ0n) is 8.90. The van der Waals surface area contributed by atoms with Gasteiger partial charge in [-0.2, -0.15) is 0 Å². The Morgan fingerprint density at radius 1 is 1.50 bits per heavy atom. The van der Waals surface area contributed by atoms with Gasteiger partial charge in [0.05, 0.1) is 5.92 Å². The molecule has 2 atom stereocenters. The Morgan fingerprint density at radius 3 is 2.88 bits per heavy atom. The molecule has 1 aliphatic rings. The molecule has 2 unspecified atom stereocenters. The first-order valence-electron chi connectivity index (χ1n) is 5.13. The van der Waals surface area contributed by atoms with Gasteiger partial charge in [-0.1, -0.05) is 0 Å². The topological polar surface area (TPSA) is 66.4 Å². The third-order valence-electron chi connectivity index (χ3n) is 2.87. The number of carbonyl (C=O) groups is 2. The highest BCUT2D eigenvalue weighted by atomic mass is 32.1. The Morgan fingerprint density at radius 2 is 2.25 bits per heavy atom. The van der Waals surface area contributed by atoms with E-state index >= 15 is 0 Å². The summed E-state index contributed by atoms with van der Waals surface area (Å²) in [7, 11) is 0. The zero-order valence-corrected chi connectivity index (χ0v) is 9.71. The molecule has 0 bridgehead atoms. The molecule has 0 fully saturated rings. The molecule has 0 spiro atoms. The third kappa shape index (κ3) is 2.09. The number of carboxylic acid groups (broad SMARTS) is 1. The maximum Gasteiger partial charge on any atom is 0.308 e. The summed E-state index contributed by atoms with van der Waals surface area (Å²) in [6.45, 7) is 1.42. The molecule has 0 saturated heterocycles. The van der Waals surface area contributed by atoms with Crippen LogP contribution in [0.15, 0.2) is 11.4 Å². The van der Waals surface area contributed by atoms with E-state index in [0.717, 1.165) is 4.88 Å². The summed E-state index contributed by atoms with van der Waals surface area (Å²) in [5.41, 5.74) is 1.17. The molecule has 5 heteroatoms. The summed E-state index contributed by atoms with van der Waals surface area (Å²) >= 11 is 1.59. The van der Waals surface area contributed by atoms with Gasteiger partial charge in [-0.3, -0.25) is 9.59 Å². The van der Waals surface area contributed by atoms with Crippen molar-refractivity contribution in [2.75, 3.05) is 0 Å². The van der Waals surface area contributed by atoms with Crippen LogP contribution in [0.3, 0.4) is 0 Å². The van der Waals surface area contributed by atoms with Crippen LogP contribution in [-0.2, 0) is 22.4 Å². The summed E-state index contributed by atoms with van der Waals surface area (Å²) in [5, 5.41) is 13.8. The van der Waals surface area contributed by atoms with Gasteiger partial charge in [-0.05, 0) is 29.9 Å². The van der Waals surface area contributed by atoms with Crippen LogP contribution in [0.25, 0.3) is 0 Å². The van der Waals surface area contributed by atoms with Gasteiger partial charge in [0.15, 0.2) is 0 Å². The number of aliphatic carboxylic acids is 1. The molecule has 16 heavy (non-hydrogen) atoms. The number of rotatable bonds is 2. The lowest BCUT2D eigenvalue weighted by atomic mass is 9.84. The minimum atomic E-state index is -0.835. The van der Waals surface area contributed by atoms with Crippen LogP contribution in [0.5, 0.6) is 0 Å². The first-order chi connectivity index (χ1) is 7.58. The average Bonchev–Trinajstić information content (AvgIpc) is 2.62. The van der Waals surface area contributed by atoms with Crippen molar-refractivity contribution in [3.05, 3.63) is 21.9 Å². The molecule has 1 amide bonds. The van der Waals surface area contributed by atoms with Crippen molar-refractivity contribution in [3.63, 3.8) is 0 Å². The predicted molar refractivity (Wildman–Crippen MR) is 60.5 cm³/mol. The van der Waals surface area contributed by atoms with Crippen LogP contribution in [0, 0.1) is 5.92 Å². The van der Waals surface area contributed by atoms with Crippen molar-refractivity contribution < 1.29 is 14.7 Å². The standard InChI is InChI=1S/C11H13NO3S/c1-6(13)12-9-4-7-2-3-16-10(7)5-8(9)11(14)15/h2-3,8-9H,4-5H2,1H3,(H,12,13)(H,14,15). The molecule has 1 aromatic rings. The van der Waals surface area contributed by atoms with E-state index in [0.29, 0.717) is 12.8 Å². The number of hydrogen-bond acceptors (Lipinski definition) is 3. The Labute approximate surface area is 97.3 Å². The SMILES string of the molecule is CC(=O)NC1Cc2ccsc2CC1C(=O)O. The van der Waals surface area contributed by atoms with Crippen molar-refractivity contribution in [2.45, 2.75) is 25.8 Å². The van der Waals surface area contributed by atoms with Crippen LogP contribution in [0.4, 0.5) is 0 Å². The van der Waals surface area contributed by atoms with Crippen molar-refractivity contribution in [2.24, 2.45) is 5.92 Å². The first kappa shape index (κ1) is 11.1. The molecule has 4 nitrogen and oxygen atoms in total. The van der Waals surface area contributed by atoms with E-state index in [1.165, 1.54) is 12.5 Å². The van der Waals surface area contributed by atoms with Gasteiger partial charge in [0.25, 0.3) is 0 Å². The van der Waals surface area contributed by atoms with Crippen LogP contribution < -0.4 is 5.32 Å². The number of nitrogens with one attached hydrogen (secondary N) is 1. The van der Waals surface area contributed by atoms with Gasteiger partial charge in [0.1, 0.15) is 0 Å². The monoisotopic (exact) mass is 239 g/mol. The van der Waals surface area contributed by atoms with E-state index in [1.54, 1.807) is 11.3 Å². The zero-order chi connectivity index (χ0) is 11.7. The van der Waals surface area contributed by atoms with Gasteiger partial charge >= 0.3 is 5.97 Å². The molecule has 0 radical (unpaired) electrons. The summed E-state index contributed by atoms with van der Waals surface area (Å²) in [6.07, 6.45) is 1.14. The van der Waals surface area contributed by atoms with E-state index in [2.05, 4.69) is 5.32 Å². The number of carboxylic acids is 1. The van der Waals surface area contributed by atoms with Crippen molar-refractivity contribution in [1.29, 1.82) is 0 Å². The smallest absolute Gasteiger partial charge is 0.308 e. The van der Waals surface area contributed by atoms with Crippen LogP contribution in [0.1, 0.15) is 17.4 Å². The second kappa shape index (κ2) is 4.25. The fourth-order valence-corrected chi connectivity index (χ4v) is 3.10. The molecular formula is C11H13NO3S. The summed E-state index contributed by atoms with van der Waals surface area (Å²) in [6, 6.07) is 1.73. The third-order valence-corrected chi connectivity index (χ3v) is 3.86. The Kier molecular flexibility index (Phi) is 2.96. The van der Waals surface area contributed by atoms with E-state index in [1.807, 2.05) is 11.4 Å². The van der Waals surface area contributed by atoms with Crippen molar-refractivity contribution >= 4 is 23.2 Å². The second-order valence-electron chi connectivity index (χ2n) is 4.03. The maximum atomic E-state index is 11.1. The lowest BCUT2D eigenvalue weighted by Gasteiger charge is -2.29. The van der Waals surface area contributed by atoms with E-state index in [-0.39, 0.29) is 11.9 Å². The molecule has 2 N–H and O–H groups in total. The Bertz CT molecular complexity index is 427. The normalized spacial score (nSPS) is 23.6. The highest BCUT2D eigenvalue weighted by molar-refractivity contribution is 7.10. The lowest BCUT2D eigenvalue weighted by molar-refractivity contribution is -0.143. The summed E-state index contributed by atoms with van der Waals surface area (Å²) in [4.78, 5) is 23.3. The van der Waals surface area contributed by atoms with E-state index in [4.69, 9.17) is 5.11 Å². The number of fused-ring (bicyclic) bond motifs is 1. The number of hydrogen-bond donors (Lipinski definition) is 2. The molecule has 86 valence electrons. The second-order valence-corrected chi connectivity index (χ2v) is 5.03. The van der Waals surface area contributed by atoms with Gasteiger partial charge in [-0.15, -0.1) is 11.3 Å². The minimum Gasteiger partial charge on any atom is -0.481 e. The fraction of sp³-hybridized carbons (Fsp3) is 0.455. The largest absolute Gasteiger partial charge is 0.481 e. The van der Waals surface area contributed by atoms with Gasteiger partial charge < -0.3 is 10.4 Å². The Balaban J connectivity index is 2.23. The number of thiophene rings is 1. The molecule has 2 rings (SSSR count). The molecule has 1 heterocycles. The minimum absolute atomic E-state index is 0.171. The first-order valence-corrected chi connectivity index (χ1v) is 6.01. The maximum absolute atomic E-state index is 11.1. The molecule has 1 aliphatic carbocycles. The van der Waals surface area contributed by atoms with Gasteiger partial charge in [-0.25, -0.2) is 0 Å². The molecule has 0 saturated carbocycles. The van der Waals surface area contributed by atoms with Crippen molar-refractivity contribution in [1.82, 2.24) is 5.32 Å². The lowest BCUT2D eigenvalue weighted by Crippen LogP contribution is -2.46. The summed E-state index contributed by atoms with van der Waals surface area (Å²) in [5.74, 6) is -1.51. The number of carbonyl (C=O) groups excluding carboxylic acids is 1. The highest BCUT2D eigenvalue weighted by Crippen LogP contribution is 2.30. The highest BCUT2D eigenvalue weighted by Gasteiger charge is 2.34. The predicted octanol–water partition coefficient (Wildman–Crippen LogP) is 1.05. The van der Waals surface area contributed by atoms with Crippen LogP contribution in [0.2, 0.25) is 0 Å². The molecular weight excluding hydrogens is 226 g/mol. The van der Waals surface area contributed by atoms with Crippen LogP contribution in [-0.4, -0.2) is 23.0 Å². The Hall–Kier alpha value is -1.36. The average molecular weight is 239 g/mol. The molecule has 1 aromatic heterocycles. The molecule has 0 aliphatic heterocycles. The van der Waals surface area contributed by atoms with Gasteiger partial charge in [0, 0.05) is 17.8 Å². The van der Waals surface area contributed by atoms with Gasteiger partial charge in [0.2, 0.25) is 5.91 Å².